The molecule has 0 spiro atoms. The molecule has 1 aliphatic heterocycles. The van der Waals surface area contributed by atoms with Gasteiger partial charge >= 0.3 is 0 Å². The highest BCUT2D eigenvalue weighted by atomic mass is 32.2. The minimum Gasteiger partial charge on any atom is -0.337 e. The molecule has 0 bridgehead atoms. The first-order valence-electron chi connectivity index (χ1n) is 9.11. The Morgan fingerprint density at radius 1 is 1.00 bits per heavy atom. The molecular weight excluding hydrogens is 336 g/mol. The molecule has 0 atom stereocenters. The summed E-state index contributed by atoms with van der Waals surface area (Å²) in [6.07, 6.45) is 2.23. The van der Waals surface area contributed by atoms with Gasteiger partial charge in [-0.1, -0.05) is 19.4 Å². The molecule has 0 aromatic heterocycles. The predicted molar refractivity (Wildman–Crippen MR) is 101 cm³/mol. The predicted octanol–water partition coefficient (Wildman–Crippen LogP) is 2.89. The van der Waals surface area contributed by atoms with E-state index in [1.165, 1.54) is 5.56 Å². The smallest absolute Gasteiger partial charge is 0.254 e. The lowest BCUT2D eigenvalue weighted by atomic mass is 10.00. The van der Waals surface area contributed by atoms with Gasteiger partial charge in [0, 0.05) is 31.7 Å². The maximum Gasteiger partial charge on any atom is 0.254 e. The summed E-state index contributed by atoms with van der Waals surface area (Å²) in [4.78, 5) is 14.7. The van der Waals surface area contributed by atoms with Gasteiger partial charge in [0.25, 0.3) is 5.91 Å². The molecule has 1 aliphatic rings. The summed E-state index contributed by atoms with van der Waals surface area (Å²) in [5.41, 5.74) is 3.99. The highest BCUT2D eigenvalue weighted by Crippen LogP contribution is 2.19. The summed E-state index contributed by atoms with van der Waals surface area (Å²) in [5.74, 6) is 0.210. The SMILES string of the molecule is CCCCS(=O)(=O)N1CCCN(C(=O)c2cc(C)c(C)cc2C)CC1. The average molecular weight is 367 g/mol. The monoisotopic (exact) mass is 366 g/mol. The van der Waals surface area contributed by atoms with Crippen molar-refractivity contribution in [1.29, 1.82) is 0 Å². The third-order valence-electron chi connectivity index (χ3n) is 4.96. The highest BCUT2D eigenvalue weighted by molar-refractivity contribution is 7.89. The van der Waals surface area contributed by atoms with Crippen LogP contribution in [0.5, 0.6) is 0 Å². The first kappa shape index (κ1) is 19.9. The summed E-state index contributed by atoms with van der Waals surface area (Å²) in [6, 6.07) is 4.00. The van der Waals surface area contributed by atoms with Gasteiger partial charge in [-0.05, 0) is 56.4 Å². The van der Waals surface area contributed by atoms with E-state index in [4.69, 9.17) is 0 Å². The van der Waals surface area contributed by atoms with Crippen molar-refractivity contribution in [3.8, 4) is 0 Å². The van der Waals surface area contributed by atoms with Crippen molar-refractivity contribution in [2.75, 3.05) is 31.9 Å². The summed E-state index contributed by atoms with van der Waals surface area (Å²) < 4.78 is 26.4. The summed E-state index contributed by atoms with van der Waals surface area (Å²) in [7, 11) is -3.21. The largest absolute Gasteiger partial charge is 0.337 e. The minimum absolute atomic E-state index is 0.00778. The second-order valence-electron chi connectivity index (χ2n) is 6.97. The summed E-state index contributed by atoms with van der Waals surface area (Å²) >= 11 is 0. The van der Waals surface area contributed by atoms with Gasteiger partial charge in [-0.3, -0.25) is 4.79 Å². The van der Waals surface area contributed by atoms with Gasteiger partial charge in [0.05, 0.1) is 5.75 Å². The van der Waals surface area contributed by atoms with Crippen molar-refractivity contribution in [2.24, 2.45) is 0 Å². The molecule has 0 unspecified atom stereocenters. The molecule has 6 heteroatoms. The quantitative estimate of drug-likeness (QED) is 0.805. The van der Waals surface area contributed by atoms with Gasteiger partial charge in [-0.2, -0.15) is 0 Å². The lowest BCUT2D eigenvalue weighted by molar-refractivity contribution is 0.0763. The zero-order chi connectivity index (χ0) is 18.6. The van der Waals surface area contributed by atoms with Crippen LogP contribution in [0.3, 0.4) is 0 Å². The number of unbranched alkanes of at least 4 members (excludes halogenated alkanes) is 1. The first-order chi connectivity index (χ1) is 11.8. The number of aryl methyl sites for hydroxylation is 3. The normalized spacial score (nSPS) is 16.7. The van der Waals surface area contributed by atoms with E-state index in [2.05, 4.69) is 0 Å². The molecular formula is C19H30N2O3S. The Hall–Kier alpha value is -1.40. The van der Waals surface area contributed by atoms with Crippen molar-refractivity contribution in [2.45, 2.75) is 47.0 Å². The fraction of sp³-hybridized carbons (Fsp3) is 0.632. The molecule has 2 rings (SSSR count). The minimum atomic E-state index is -3.21. The van der Waals surface area contributed by atoms with Gasteiger partial charge in [0.2, 0.25) is 10.0 Å². The lowest BCUT2D eigenvalue weighted by Gasteiger charge is -2.23. The molecule has 0 aliphatic carbocycles. The molecule has 1 amide bonds. The van der Waals surface area contributed by atoms with E-state index in [1.807, 2.05) is 39.8 Å². The number of sulfonamides is 1. The van der Waals surface area contributed by atoms with Gasteiger partial charge in [-0.25, -0.2) is 12.7 Å². The van der Waals surface area contributed by atoms with Crippen molar-refractivity contribution < 1.29 is 13.2 Å². The van der Waals surface area contributed by atoms with Crippen molar-refractivity contribution in [1.82, 2.24) is 9.21 Å². The zero-order valence-electron chi connectivity index (χ0n) is 15.8. The molecule has 25 heavy (non-hydrogen) atoms. The summed E-state index contributed by atoms with van der Waals surface area (Å²) in [5, 5.41) is 0. The summed E-state index contributed by atoms with van der Waals surface area (Å²) in [6.45, 7) is 9.95. The maximum absolute atomic E-state index is 12.9. The number of carbonyl (C=O) groups excluding carboxylic acids is 1. The zero-order valence-corrected chi connectivity index (χ0v) is 16.7. The Bertz CT molecular complexity index is 728. The number of hydrogen-bond acceptors (Lipinski definition) is 3. The molecule has 0 radical (unpaired) electrons. The highest BCUT2D eigenvalue weighted by Gasteiger charge is 2.27. The van der Waals surface area contributed by atoms with Crippen LogP contribution in [0.1, 0.15) is 53.2 Å². The maximum atomic E-state index is 12.9. The van der Waals surface area contributed by atoms with E-state index >= 15 is 0 Å². The number of nitrogens with zero attached hydrogens (tertiary/aromatic N) is 2. The Morgan fingerprint density at radius 2 is 1.68 bits per heavy atom. The van der Waals surface area contributed by atoms with Crippen LogP contribution in [0.25, 0.3) is 0 Å². The van der Waals surface area contributed by atoms with E-state index in [0.29, 0.717) is 39.0 Å². The Balaban J connectivity index is 2.10. The number of amides is 1. The average Bonchev–Trinajstić information content (AvgIpc) is 2.82. The second-order valence-corrected chi connectivity index (χ2v) is 9.05. The van der Waals surface area contributed by atoms with Crippen LogP contribution in [0.4, 0.5) is 0 Å². The molecule has 1 heterocycles. The third-order valence-corrected chi connectivity index (χ3v) is 6.92. The molecule has 5 nitrogen and oxygen atoms in total. The number of hydrogen-bond donors (Lipinski definition) is 0. The van der Waals surface area contributed by atoms with E-state index in [1.54, 1.807) is 9.21 Å². The van der Waals surface area contributed by atoms with Crippen molar-refractivity contribution in [3.63, 3.8) is 0 Å². The van der Waals surface area contributed by atoms with Crippen LogP contribution in [-0.2, 0) is 10.0 Å². The molecule has 1 fully saturated rings. The molecule has 140 valence electrons. The van der Waals surface area contributed by atoms with Gasteiger partial charge in [0.15, 0.2) is 0 Å². The molecule has 1 aromatic carbocycles. The van der Waals surface area contributed by atoms with Gasteiger partial charge < -0.3 is 4.90 Å². The second kappa shape index (κ2) is 8.32. The van der Waals surface area contributed by atoms with E-state index in [0.717, 1.165) is 23.1 Å². The van der Waals surface area contributed by atoms with Crippen LogP contribution in [-0.4, -0.2) is 55.5 Å². The van der Waals surface area contributed by atoms with E-state index in [9.17, 15) is 13.2 Å². The number of benzene rings is 1. The first-order valence-corrected chi connectivity index (χ1v) is 10.7. The van der Waals surface area contributed by atoms with Gasteiger partial charge in [-0.15, -0.1) is 0 Å². The van der Waals surface area contributed by atoms with E-state index < -0.39 is 10.0 Å². The van der Waals surface area contributed by atoms with Crippen molar-refractivity contribution >= 4 is 15.9 Å². The Kier molecular flexibility index (Phi) is 6.63. The van der Waals surface area contributed by atoms with Crippen molar-refractivity contribution in [3.05, 3.63) is 34.4 Å². The van der Waals surface area contributed by atoms with Gasteiger partial charge in [0.1, 0.15) is 0 Å². The number of rotatable bonds is 5. The lowest BCUT2D eigenvalue weighted by Crippen LogP contribution is -2.38. The van der Waals surface area contributed by atoms with Crippen LogP contribution in [0.15, 0.2) is 12.1 Å². The Labute approximate surface area is 152 Å². The topological polar surface area (TPSA) is 57.7 Å². The molecule has 1 aromatic rings. The van der Waals surface area contributed by atoms with Crippen LogP contribution in [0.2, 0.25) is 0 Å². The fourth-order valence-electron chi connectivity index (χ4n) is 3.19. The van der Waals surface area contributed by atoms with E-state index in [-0.39, 0.29) is 11.7 Å². The van der Waals surface area contributed by atoms with Crippen LogP contribution >= 0.6 is 0 Å². The molecule has 1 saturated heterocycles. The number of carbonyl (C=O) groups is 1. The van der Waals surface area contributed by atoms with Crippen LogP contribution in [0, 0.1) is 20.8 Å². The fourth-order valence-corrected chi connectivity index (χ4v) is 4.87. The molecule has 0 saturated carbocycles. The third kappa shape index (κ3) is 4.82. The standard InChI is InChI=1S/C19H30N2O3S/c1-5-6-12-25(23,24)21-9-7-8-20(10-11-21)19(22)18-14-16(3)15(2)13-17(18)4/h13-14H,5-12H2,1-4H3. The van der Waals surface area contributed by atoms with Crippen LogP contribution < -0.4 is 0 Å². The molecule has 0 N–H and O–H groups in total. The Morgan fingerprint density at radius 3 is 2.36 bits per heavy atom.